The van der Waals surface area contributed by atoms with Crippen LogP contribution < -0.4 is 11.4 Å². The molecule has 116 valence electrons. The minimum Gasteiger partial charge on any atom is -0.394 e. The molecule has 1 fully saturated rings. The Labute approximate surface area is 128 Å². The third kappa shape index (κ3) is 3.03. The highest BCUT2D eigenvalue weighted by Crippen LogP contribution is 2.34. The second-order valence-corrected chi connectivity index (χ2v) is 5.54. The standard InChI is InChI=1S/C16H19N3O3/c17-14-6-7-19(16(21)18-14)15-9-12(13(10-20)22-15)8-11-4-2-1-3-5-11/h1-7,12-13,15,20H,8-10H2,(H2,17,18,21)/t12-,13-,15-/m1/s1. The predicted molar refractivity (Wildman–Crippen MR) is 82.2 cm³/mol. The second kappa shape index (κ2) is 6.29. The van der Waals surface area contributed by atoms with Crippen LogP contribution in [0.25, 0.3) is 0 Å². The largest absolute Gasteiger partial charge is 0.394 e. The van der Waals surface area contributed by atoms with Crippen molar-refractivity contribution in [1.82, 2.24) is 9.55 Å². The zero-order valence-corrected chi connectivity index (χ0v) is 12.1. The van der Waals surface area contributed by atoms with Gasteiger partial charge in [0.2, 0.25) is 0 Å². The van der Waals surface area contributed by atoms with Crippen LogP contribution in [-0.4, -0.2) is 27.4 Å². The maximum atomic E-state index is 11.9. The van der Waals surface area contributed by atoms with Crippen molar-refractivity contribution < 1.29 is 9.84 Å². The molecule has 2 heterocycles. The van der Waals surface area contributed by atoms with Gasteiger partial charge in [0.05, 0.1) is 12.7 Å². The number of aromatic nitrogens is 2. The molecule has 3 atom stereocenters. The molecule has 1 aromatic carbocycles. The lowest BCUT2D eigenvalue weighted by atomic mass is 9.93. The molecule has 6 nitrogen and oxygen atoms in total. The molecule has 6 heteroatoms. The average Bonchev–Trinajstić information content (AvgIpc) is 2.91. The first-order valence-corrected chi connectivity index (χ1v) is 7.32. The van der Waals surface area contributed by atoms with E-state index < -0.39 is 11.9 Å². The van der Waals surface area contributed by atoms with Crippen molar-refractivity contribution >= 4 is 5.82 Å². The van der Waals surface area contributed by atoms with E-state index in [0.717, 1.165) is 6.42 Å². The number of ether oxygens (including phenoxy) is 1. The number of anilines is 1. The Hall–Kier alpha value is -2.18. The first kappa shape index (κ1) is 14.7. The number of hydrogen-bond acceptors (Lipinski definition) is 5. The smallest absolute Gasteiger partial charge is 0.351 e. The molecule has 1 saturated heterocycles. The Balaban J connectivity index is 1.78. The summed E-state index contributed by atoms with van der Waals surface area (Å²) in [5.74, 6) is 0.348. The molecule has 0 radical (unpaired) electrons. The molecule has 2 aromatic rings. The zero-order valence-electron chi connectivity index (χ0n) is 12.1. The maximum absolute atomic E-state index is 11.9. The molecule has 0 aliphatic carbocycles. The summed E-state index contributed by atoms with van der Waals surface area (Å²) in [7, 11) is 0. The van der Waals surface area contributed by atoms with Crippen molar-refractivity contribution in [3.05, 3.63) is 58.6 Å². The van der Waals surface area contributed by atoms with E-state index in [4.69, 9.17) is 10.5 Å². The van der Waals surface area contributed by atoms with Crippen LogP contribution in [0, 0.1) is 5.92 Å². The summed E-state index contributed by atoms with van der Waals surface area (Å²) in [6.45, 7) is -0.0643. The lowest BCUT2D eigenvalue weighted by Crippen LogP contribution is -2.27. The average molecular weight is 301 g/mol. The molecule has 0 amide bonds. The molecule has 0 unspecified atom stereocenters. The first-order valence-electron chi connectivity index (χ1n) is 7.32. The highest BCUT2D eigenvalue weighted by Gasteiger charge is 2.36. The number of nitrogens with two attached hydrogens (primary N) is 1. The second-order valence-electron chi connectivity index (χ2n) is 5.54. The van der Waals surface area contributed by atoms with Gasteiger partial charge in [-0.15, -0.1) is 0 Å². The van der Waals surface area contributed by atoms with Gasteiger partial charge in [0.25, 0.3) is 0 Å². The van der Waals surface area contributed by atoms with Crippen molar-refractivity contribution in [2.24, 2.45) is 5.92 Å². The molecule has 3 rings (SSSR count). The molecule has 22 heavy (non-hydrogen) atoms. The van der Waals surface area contributed by atoms with E-state index in [9.17, 15) is 9.90 Å². The van der Waals surface area contributed by atoms with Gasteiger partial charge in [-0.05, 0) is 30.4 Å². The highest BCUT2D eigenvalue weighted by molar-refractivity contribution is 5.23. The van der Waals surface area contributed by atoms with Crippen molar-refractivity contribution in [3.8, 4) is 0 Å². The number of nitrogens with zero attached hydrogens (tertiary/aromatic N) is 2. The summed E-state index contributed by atoms with van der Waals surface area (Å²) >= 11 is 0. The maximum Gasteiger partial charge on any atom is 0.351 e. The zero-order chi connectivity index (χ0) is 15.5. The van der Waals surface area contributed by atoms with Crippen molar-refractivity contribution in [2.75, 3.05) is 12.3 Å². The first-order chi connectivity index (χ1) is 10.7. The SMILES string of the molecule is Nc1ccn([C@H]2C[C@@H](Cc3ccccc3)[C@@H](CO)O2)c(=O)n1. The summed E-state index contributed by atoms with van der Waals surface area (Å²) in [4.78, 5) is 15.6. The Morgan fingerprint density at radius 3 is 2.77 bits per heavy atom. The molecular weight excluding hydrogens is 282 g/mol. The van der Waals surface area contributed by atoms with Gasteiger partial charge in [-0.2, -0.15) is 4.98 Å². The molecule has 1 aliphatic heterocycles. The van der Waals surface area contributed by atoms with Crippen molar-refractivity contribution in [3.63, 3.8) is 0 Å². The van der Waals surface area contributed by atoms with E-state index in [1.54, 1.807) is 12.3 Å². The number of aliphatic hydroxyl groups excluding tert-OH is 1. The number of benzene rings is 1. The fraction of sp³-hybridized carbons (Fsp3) is 0.375. The van der Waals surface area contributed by atoms with Gasteiger partial charge in [-0.25, -0.2) is 4.79 Å². The fourth-order valence-corrected chi connectivity index (χ4v) is 2.93. The van der Waals surface area contributed by atoms with Crippen LogP contribution in [0.1, 0.15) is 18.2 Å². The Bertz CT molecular complexity index is 687. The van der Waals surface area contributed by atoms with Gasteiger partial charge in [-0.1, -0.05) is 30.3 Å². The Morgan fingerprint density at radius 2 is 2.09 bits per heavy atom. The molecule has 0 bridgehead atoms. The van der Waals surface area contributed by atoms with Crippen molar-refractivity contribution in [2.45, 2.75) is 25.2 Å². The van der Waals surface area contributed by atoms with Gasteiger partial charge in [0, 0.05) is 6.20 Å². The molecule has 1 aliphatic rings. The Morgan fingerprint density at radius 1 is 1.32 bits per heavy atom. The van der Waals surface area contributed by atoms with Crippen LogP contribution in [0.5, 0.6) is 0 Å². The van der Waals surface area contributed by atoms with E-state index in [-0.39, 0.29) is 24.4 Å². The van der Waals surface area contributed by atoms with E-state index in [1.165, 1.54) is 10.1 Å². The third-order valence-electron chi connectivity index (χ3n) is 4.04. The highest BCUT2D eigenvalue weighted by atomic mass is 16.5. The van der Waals surface area contributed by atoms with Crippen LogP contribution in [0.4, 0.5) is 5.82 Å². The number of aliphatic hydroxyl groups is 1. The van der Waals surface area contributed by atoms with Crippen LogP contribution >= 0.6 is 0 Å². The molecule has 0 spiro atoms. The van der Waals surface area contributed by atoms with Crippen LogP contribution in [0.15, 0.2) is 47.4 Å². The lowest BCUT2D eigenvalue weighted by Gasteiger charge is -2.15. The number of nitrogen functional groups attached to an aromatic ring is 1. The molecular formula is C16H19N3O3. The minimum atomic E-state index is -0.429. The summed E-state index contributed by atoms with van der Waals surface area (Å²) in [6.07, 6.45) is 2.36. The topological polar surface area (TPSA) is 90.4 Å². The van der Waals surface area contributed by atoms with Crippen LogP contribution in [-0.2, 0) is 11.2 Å². The monoisotopic (exact) mass is 301 g/mol. The Kier molecular flexibility index (Phi) is 4.22. The predicted octanol–water partition coefficient (Wildman–Crippen LogP) is 0.964. The summed E-state index contributed by atoms with van der Waals surface area (Å²) in [6, 6.07) is 11.6. The summed E-state index contributed by atoms with van der Waals surface area (Å²) in [5.41, 5.74) is 6.27. The van der Waals surface area contributed by atoms with Gasteiger partial charge >= 0.3 is 5.69 Å². The quantitative estimate of drug-likeness (QED) is 0.878. The molecule has 1 aromatic heterocycles. The summed E-state index contributed by atoms with van der Waals surface area (Å²) < 4.78 is 7.27. The van der Waals surface area contributed by atoms with Gasteiger partial charge in [0.15, 0.2) is 0 Å². The molecule has 0 saturated carbocycles. The van der Waals surface area contributed by atoms with E-state index in [2.05, 4.69) is 17.1 Å². The van der Waals surface area contributed by atoms with E-state index in [0.29, 0.717) is 6.42 Å². The van der Waals surface area contributed by atoms with Gasteiger partial charge < -0.3 is 15.6 Å². The number of hydrogen-bond donors (Lipinski definition) is 2. The lowest BCUT2D eigenvalue weighted by molar-refractivity contribution is -0.0324. The third-order valence-corrected chi connectivity index (χ3v) is 4.04. The van der Waals surface area contributed by atoms with E-state index >= 15 is 0 Å². The van der Waals surface area contributed by atoms with Crippen molar-refractivity contribution in [1.29, 1.82) is 0 Å². The normalized spacial score (nSPS) is 24.5. The minimum absolute atomic E-state index is 0.0643. The van der Waals surface area contributed by atoms with Crippen LogP contribution in [0.3, 0.4) is 0 Å². The number of rotatable bonds is 4. The van der Waals surface area contributed by atoms with Gasteiger partial charge in [-0.3, -0.25) is 4.57 Å². The van der Waals surface area contributed by atoms with Gasteiger partial charge in [0.1, 0.15) is 12.0 Å². The van der Waals surface area contributed by atoms with Crippen LogP contribution in [0.2, 0.25) is 0 Å². The van der Waals surface area contributed by atoms with E-state index in [1.807, 2.05) is 18.2 Å². The molecule has 3 N–H and O–H groups in total. The summed E-state index contributed by atoms with van der Waals surface area (Å²) in [5, 5.41) is 9.54. The fourth-order valence-electron chi connectivity index (χ4n) is 2.93.